The molecule has 1 fully saturated rings. The lowest BCUT2D eigenvalue weighted by molar-refractivity contribution is -0.147. The Labute approximate surface area is 71.0 Å². The van der Waals surface area contributed by atoms with Crippen molar-refractivity contribution in [2.24, 2.45) is 5.92 Å². The molecule has 3 nitrogen and oxygen atoms in total. The highest BCUT2D eigenvalue weighted by atomic mass is 19.1. The van der Waals surface area contributed by atoms with Gasteiger partial charge in [0.25, 0.3) is 0 Å². The number of aliphatic carboxylic acids is 1. The van der Waals surface area contributed by atoms with E-state index in [2.05, 4.69) is 5.32 Å². The van der Waals surface area contributed by atoms with E-state index in [0.717, 1.165) is 0 Å². The van der Waals surface area contributed by atoms with Crippen LogP contribution in [0.5, 0.6) is 0 Å². The van der Waals surface area contributed by atoms with E-state index in [-0.39, 0.29) is 0 Å². The van der Waals surface area contributed by atoms with Crippen LogP contribution in [0.4, 0.5) is 4.39 Å². The minimum absolute atomic E-state index is 0.306. The van der Waals surface area contributed by atoms with Gasteiger partial charge in [0.05, 0.1) is 5.92 Å². The number of nitrogens with one attached hydrogen (secondary N) is 1. The van der Waals surface area contributed by atoms with Crippen LogP contribution in [-0.4, -0.2) is 29.8 Å². The summed E-state index contributed by atoms with van der Waals surface area (Å²) < 4.78 is 13.8. The van der Waals surface area contributed by atoms with Gasteiger partial charge in [0.15, 0.2) is 0 Å². The second kappa shape index (κ2) is 3.39. The molecule has 0 spiro atoms. The Morgan fingerprint density at radius 1 is 1.58 bits per heavy atom. The molecular formula is C8H14FNO2. The maximum absolute atomic E-state index is 13.8. The summed E-state index contributed by atoms with van der Waals surface area (Å²) in [6, 6.07) is 0. The Kier molecular flexibility index (Phi) is 2.67. The zero-order chi connectivity index (χ0) is 9.19. The van der Waals surface area contributed by atoms with E-state index in [1.165, 1.54) is 6.92 Å². The maximum Gasteiger partial charge on any atom is 0.309 e. The molecule has 0 aromatic carbocycles. The van der Waals surface area contributed by atoms with Crippen molar-refractivity contribution >= 4 is 5.97 Å². The van der Waals surface area contributed by atoms with Crippen LogP contribution in [0.2, 0.25) is 0 Å². The lowest BCUT2D eigenvalue weighted by Crippen LogP contribution is -2.45. The van der Waals surface area contributed by atoms with E-state index in [1.807, 2.05) is 0 Å². The highest BCUT2D eigenvalue weighted by molar-refractivity contribution is 5.71. The number of rotatable bonds is 2. The second-order valence-electron chi connectivity index (χ2n) is 3.34. The van der Waals surface area contributed by atoms with Crippen molar-refractivity contribution in [2.75, 3.05) is 13.1 Å². The molecule has 0 bridgehead atoms. The lowest BCUT2D eigenvalue weighted by Gasteiger charge is -2.32. The minimum atomic E-state index is -1.50. The molecule has 70 valence electrons. The molecule has 1 aliphatic heterocycles. The molecule has 0 saturated carbocycles. The van der Waals surface area contributed by atoms with Gasteiger partial charge in [-0.1, -0.05) is 0 Å². The van der Waals surface area contributed by atoms with Crippen LogP contribution in [-0.2, 0) is 4.79 Å². The normalized spacial score (nSPS) is 24.8. The Hall–Kier alpha value is -0.640. The van der Waals surface area contributed by atoms with Crippen LogP contribution >= 0.6 is 0 Å². The molecular weight excluding hydrogens is 161 g/mol. The largest absolute Gasteiger partial charge is 0.481 e. The fourth-order valence-electron chi connectivity index (χ4n) is 1.50. The summed E-state index contributed by atoms with van der Waals surface area (Å²) in [4.78, 5) is 10.5. The van der Waals surface area contributed by atoms with Gasteiger partial charge >= 0.3 is 5.97 Å². The fraction of sp³-hybridized carbons (Fsp3) is 0.875. The molecule has 1 atom stereocenters. The van der Waals surface area contributed by atoms with Crippen LogP contribution in [0.3, 0.4) is 0 Å². The van der Waals surface area contributed by atoms with Gasteiger partial charge in [-0.2, -0.15) is 0 Å². The van der Waals surface area contributed by atoms with Crippen molar-refractivity contribution in [1.29, 1.82) is 0 Å². The third-order valence-electron chi connectivity index (χ3n) is 2.58. The van der Waals surface area contributed by atoms with Gasteiger partial charge in [0.1, 0.15) is 5.67 Å². The number of alkyl halides is 1. The van der Waals surface area contributed by atoms with Gasteiger partial charge < -0.3 is 10.4 Å². The van der Waals surface area contributed by atoms with Crippen molar-refractivity contribution in [3.63, 3.8) is 0 Å². The molecule has 1 unspecified atom stereocenters. The Morgan fingerprint density at radius 2 is 2.08 bits per heavy atom. The Bertz CT molecular complexity index is 178. The zero-order valence-corrected chi connectivity index (χ0v) is 7.14. The van der Waals surface area contributed by atoms with E-state index in [9.17, 15) is 9.18 Å². The summed E-state index contributed by atoms with van der Waals surface area (Å²) in [5.74, 6) is -1.93. The summed E-state index contributed by atoms with van der Waals surface area (Å²) in [6.45, 7) is 2.59. The monoisotopic (exact) mass is 175 g/mol. The number of carbonyl (C=O) groups is 1. The number of hydrogen-bond acceptors (Lipinski definition) is 2. The first-order chi connectivity index (χ1) is 5.56. The smallest absolute Gasteiger partial charge is 0.309 e. The Morgan fingerprint density at radius 3 is 2.50 bits per heavy atom. The topological polar surface area (TPSA) is 49.3 Å². The molecule has 1 aliphatic rings. The van der Waals surface area contributed by atoms with Gasteiger partial charge in [-0.25, -0.2) is 4.39 Å². The highest BCUT2D eigenvalue weighted by Crippen LogP contribution is 2.31. The van der Waals surface area contributed by atoms with Gasteiger partial charge in [0, 0.05) is 0 Å². The van der Waals surface area contributed by atoms with Crippen molar-refractivity contribution in [1.82, 2.24) is 5.32 Å². The first-order valence-electron chi connectivity index (χ1n) is 4.19. The highest BCUT2D eigenvalue weighted by Gasteiger charge is 2.41. The molecule has 0 radical (unpaired) electrons. The molecule has 4 heteroatoms. The molecule has 0 aliphatic carbocycles. The molecule has 1 rings (SSSR count). The van der Waals surface area contributed by atoms with Crippen molar-refractivity contribution in [3.8, 4) is 0 Å². The minimum Gasteiger partial charge on any atom is -0.481 e. The maximum atomic E-state index is 13.8. The third-order valence-corrected chi connectivity index (χ3v) is 2.58. The lowest BCUT2D eigenvalue weighted by atomic mass is 9.83. The quantitative estimate of drug-likeness (QED) is 0.652. The second-order valence-corrected chi connectivity index (χ2v) is 3.34. The molecule has 0 amide bonds. The van der Waals surface area contributed by atoms with Crippen LogP contribution < -0.4 is 5.32 Å². The molecule has 0 aromatic rings. The molecule has 0 aromatic heterocycles. The van der Waals surface area contributed by atoms with E-state index in [4.69, 9.17) is 5.11 Å². The van der Waals surface area contributed by atoms with E-state index < -0.39 is 17.6 Å². The summed E-state index contributed by atoms with van der Waals surface area (Å²) in [5.41, 5.74) is -1.50. The molecule has 2 N–H and O–H groups in total. The zero-order valence-electron chi connectivity index (χ0n) is 7.14. The molecule has 1 heterocycles. The molecule has 12 heavy (non-hydrogen) atoms. The summed E-state index contributed by atoms with van der Waals surface area (Å²) in [7, 11) is 0. The number of carboxylic acids is 1. The van der Waals surface area contributed by atoms with Crippen LogP contribution in [0.25, 0.3) is 0 Å². The van der Waals surface area contributed by atoms with E-state index in [1.54, 1.807) is 0 Å². The van der Waals surface area contributed by atoms with Crippen molar-refractivity contribution in [2.45, 2.75) is 25.4 Å². The SMILES string of the molecule is CC(C(=O)O)C1(F)CCNCC1. The first-order valence-corrected chi connectivity index (χ1v) is 4.19. The summed E-state index contributed by atoms with van der Waals surface area (Å²) in [6.07, 6.45) is 0.612. The fourth-order valence-corrected chi connectivity index (χ4v) is 1.50. The summed E-state index contributed by atoms with van der Waals surface area (Å²) >= 11 is 0. The first kappa shape index (κ1) is 9.45. The van der Waals surface area contributed by atoms with Gasteiger partial charge in [0.2, 0.25) is 0 Å². The summed E-state index contributed by atoms with van der Waals surface area (Å²) in [5, 5.41) is 11.6. The average Bonchev–Trinajstić information content (AvgIpc) is 2.04. The third kappa shape index (κ3) is 1.75. The van der Waals surface area contributed by atoms with Gasteiger partial charge in [-0.3, -0.25) is 4.79 Å². The predicted molar refractivity (Wildman–Crippen MR) is 42.7 cm³/mol. The number of halogens is 1. The predicted octanol–water partition coefficient (Wildman–Crippen LogP) is 0.799. The number of piperidine rings is 1. The number of carboxylic acid groups (broad SMARTS) is 1. The van der Waals surface area contributed by atoms with Crippen molar-refractivity contribution < 1.29 is 14.3 Å². The molecule has 1 saturated heterocycles. The number of hydrogen-bond donors (Lipinski definition) is 2. The van der Waals surface area contributed by atoms with E-state index >= 15 is 0 Å². The van der Waals surface area contributed by atoms with Gasteiger partial charge in [-0.05, 0) is 32.9 Å². The van der Waals surface area contributed by atoms with Gasteiger partial charge in [-0.15, -0.1) is 0 Å². The van der Waals surface area contributed by atoms with Crippen LogP contribution in [0, 0.1) is 5.92 Å². The van der Waals surface area contributed by atoms with Crippen LogP contribution in [0.15, 0.2) is 0 Å². The van der Waals surface area contributed by atoms with Crippen molar-refractivity contribution in [3.05, 3.63) is 0 Å². The van der Waals surface area contributed by atoms with Crippen LogP contribution in [0.1, 0.15) is 19.8 Å². The Balaban J connectivity index is 2.62. The average molecular weight is 175 g/mol. The standard InChI is InChI=1S/C8H14FNO2/c1-6(7(11)12)8(9)2-4-10-5-3-8/h6,10H,2-5H2,1H3,(H,11,12). The van der Waals surface area contributed by atoms with E-state index in [0.29, 0.717) is 25.9 Å².